The van der Waals surface area contributed by atoms with Crippen LogP contribution in [0.5, 0.6) is 0 Å². The highest BCUT2D eigenvalue weighted by atomic mass is 35.5. The number of aryl methyl sites for hydroxylation is 1. The summed E-state index contributed by atoms with van der Waals surface area (Å²) in [7, 11) is 2.21. The molecule has 0 spiro atoms. The highest BCUT2D eigenvalue weighted by Crippen LogP contribution is 2.27. The summed E-state index contributed by atoms with van der Waals surface area (Å²) in [5.74, 6) is 0. The largest absolute Gasteiger partial charge is 0.343 e. The lowest BCUT2D eigenvalue weighted by Crippen LogP contribution is -2.44. The predicted molar refractivity (Wildman–Crippen MR) is 120 cm³/mol. The molecule has 28 heavy (non-hydrogen) atoms. The quantitative estimate of drug-likeness (QED) is 0.549. The molecule has 0 bridgehead atoms. The number of halogens is 2. The Labute approximate surface area is 177 Å². The van der Waals surface area contributed by atoms with E-state index in [4.69, 9.17) is 23.2 Å². The van der Waals surface area contributed by atoms with Crippen LogP contribution in [0.25, 0.3) is 10.9 Å². The molecule has 0 atom stereocenters. The Balaban J connectivity index is 1.48. The second-order valence-electron chi connectivity index (χ2n) is 7.78. The molecule has 1 fully saturated rings. The molecule has 0 amide bonds. The Morgan fingerprint density at radius 3 is 2.50 bits per heavy atom. The van der Waals surface area contributed by atoms with Crippen LogP contribution in [0.1, 0.15) is 17.5 Å². The molecule has 2 aromatic carbocycles. The first-order valence-corrected chi connectivity index (χ1v) is 10.8. The van der Waals surface area contributed by atoms with Crippen molar-refractivity contribution >= 4 is 34.1 Å². The number of hydrogen-bond acceptors (Lipinski definition) is 2. The maximum Gasteiger partial charge on any atom is 0.0491 e. The average Bonchev–Trinajstić information content (AvgIpc) is 3.03. The van der Waals surface area contributed by atoms with Crippen molar-refractivity contribution < 1.29 is 0 Å². The summed E-state index contributed by atoms with van der Waals surface area (Å²) < 4.78 is 2.32. The third kappa shape index (κ3) is 4.55. The number of likely N-dealkylation sites (N-methyl/N-ethyl adjacent to an activating group) is 1. The zero-order chi connectivity index (χ0) is 19.5. The predicted octanol–water partition coefficient (Wildman–Crippen LogP) is 5.18. The van der Waals surface area contributed by atoms with Gasteiger partial charge in [0, 0.05) is 59.9 Å². The van der Waals surface area contributed by atoms with E-state index in [0.29, 0.717) is 5.02 Å². The summed E-state index contributed by atoms with van der Waals surface area (Å²) in [5, 5.41) is 2.75. The molecular weight excluding hydrogens is 389 g/mol. The van der Waals surface area contributed by atoms with Gasteiger partial charge in [0.1, 0.15) is 0 Å². The van der Waals surface area contributed by atoms with Gasteiger partial charge in [-0.2, -0.15) is 0 Å². The second kappa shape index (κ2) is 8.87. The van der Waals surface area contributed by atoms with Gasteiger partial charge in [0.25, 0.3) is 0 Å². The van der Waals surface area contributed by atoms with Crippen LogP contribution in [-0.4, -0.2) is 54.1 Å². The van der Waals surface area contributed by atoms with Gasteiger partial charge in [-0.15, -0.1) is 0 Å². The van der Waals surface area contributed by atoms with Gasteiger partial charge in [-0.25, -0.2) is 0 Å². The third-order valence-electron chi connectivity index (χ3n) is 5.74. The number of hydrogen-bond donors (Lipinski definition) is 0. The van der Waals surface area contributed by atoms with E-state index in [1.165, 1.54) is 55.6 Å². The molecule has 148 valence electrons. The van der Waals surface area contributed by atoms with E-state index in [0.717, 1.165) is 23.6 Å². The number of rotatable bonds is 6. The van der Waals surface area contributed by atoms with Crippen LogP contribution in [0.2, 0.25) is 10.0 Å². The SMILES string of the molecule is CN1CCN(CCCc2cn(Cc3ccc(Cl)cc3Cl)c3ccccc23)CC1. The molecular formula is C23H27Cl2N3. The maximum atomic E-state index is 6.41. The molecule has 3 aromatic rings. The summed E-state index contributed by atoms with van der Waals surface area (Å²) >= 11 is 12.5. The van der Waals surface area contributed by atoms with E-state index < -0.39 is 0 Å². The summed E-state index contributed by atoms with van der Waals surface area (Å²) in [6.07, 6.45) is 4.60. The van der Waals surface area contributed by atoms with E-state index in [-0.39, 0.29) is 0 Å². The van der Waals surface area contributed by atoms with Gasteiger partial charge in [0.15, 0.2) is 0 Å². The lowest BCUT2D eigenvalue weighted by Gasteiger charge is -2.32. The van der Waals surface area contributed by atoms with Crippen molar-refractivity contribution in [3.05, 3.63) is 69.8 Å². The summed E-state index contributed by atoms with van der Waals surface area (Å²) in [6, 6.07) is 14.4. The number of aromatic nitrogens is 1. The van der Waals surface area contributed by atoms with Gasteiger partial charge in [-0.3, -0.25) is 0 Å². The first-order valence-electron chi connectivity index (χ1n) is 10.0. The molecule has 0 radical (unpaired) electrons. The fraction of sp³-hybridized carbons (Fsp3) is 0.391. The van der Waals surface area contributed by atoms with Crippen molar-refractivity contribution in [2.75, 3.05) is 39.8 Å². The molecule has 0 N–H and O–H groups in total. The zero-order valence-electron chi connectivity index (χ0n) is 16.4. The molecule has 1 saturated heterocycles. The van der Waals surface area contributed by atoms with Crippen molar-refractivity contribution in [1.82, 2.24) is 14.4 Å². The number of piperazine rings is 1. The smallest absolute Gasteiger partial charge is 0.0491 e. The van der Waals surface area contributed by atoms with Crippen LogP contribution in [0.4, 0.5) is 0 Å². The summed E-state index contributed by atoms with van der Waals surface area (Å²) in [4.78, 5) is 5.00. The molecule has 0 aliphatic carbocycles. The van der Waals surface area contributed by atoms with Crippen LogP contribution < -0.4 is 0 Å². The summed E-state index contributed by atoms with van der Waals surface area (Å²) in [6.45, 7) is 6.67. The normalized spacial score (nSPS) is 16.1. The second-order valence-corrected chi connectivity index (χ2v) is 8.63. The van der Waals surface area contributed by atoms with Crippen LogP contribution in [0.15, 0.2) is 48.7 Å². The van der Waals surface area contributed by atoms with Crippen molar-refractivity contribution in [2.45, 2.75) is 19.4 Å². The van der Waals surface area contributed by atoms with Crippen LogP contribution in [-0.2, 0) is 13.0 Å². The van der Waals surface area contributed by atoms with Crippen molar-refractivity contribution in [3.63, 3.8) is 0 Å². The topological polar surface area (TPSA) is 11.4 Å². The molecule has 1 aliphatic heterocycles. The highest BCUT2D eigenvalue weighted by molar-refractivity contribution is 6.35. The van der Waals surface area contributed by atoms with Gasteiger partial charge in [-0.05, 0) is 55.8 Å². The Kier molecular flexibility index (Phi) is 6.27. The molecule has 3 nitrogen and oxygen atoms in total. The van der Waals surface area contributed by atoms with Crippen LogP contribution in [0, 0.1) is 0 Å². The van der Waals surface area contributed by atoms with E-state index in [1.807, 2.05) is 18.2 Å². The van der Waals surface area contributed by atoms with Gasteiger partial charge < -0.3 is 14.4 Å². The van der Waals surface area contributed by atoms with E-state index in [2.05, 4.69) is 51.9 Å². The first kappa shape index (κ1) is 19.8. The lowest BCUT2D eigenvalue weighted by molar-refractivity contribution is 0.153. The van der Waals surface area contributed by atoms with Gasteiger partial charge in [-0.1, -0.05) is 47.5 Å². The van der Waals surface area contributed by atoms with Crippen molar-refractivity contribution in [3.8, 4) is 0 Å². The summed E-state index contributed by atoms with van der Waals surface area (Å²) in [5.41, 5.74) is 3.79. The molecule has 0 saturated carbocycles. The molecule has 5 heteroatoms. The minimum atomic E-state index is 0.677. The Hall–Kier alpha value is -1.52. The van der Waals surface area contributed by atoms with E-state index in [9.17, 15) is 0 Å². The Morgan fingerprint density at radius 2 is 1.71 bits per heavy atom. The van der Waals surface area contributed by atoms with Gasteiger partial charge in [0.05, 0.1) is 0 Å². The highest BCUT2D eigenvalue weighted by Gasteiger charge is 2.14. The lowest BCUT2D eigenvalue weighted by atomic mass is 10.1. The van der Waals surface area contributed by atoms with Crippen molar-refractivity contribution in [2.24, 2.45) is 0 Å². The average molecular weight is 416 g/mol. The molecule has 1 aromatic heterocycles. The van der Waals surface area contributed by atoms with E-state index in [1.54, 1.807) is 0 Å². The minimum Gasteiger partial charge on any atom is -0.343 e. The van der Waals surface area contributed by atoms with Crippen LogP contribution >= 0.6 is 23.2 Å². The standard InChI is InChI=1S/C23H27Cl2N3/c1-26-11-13-27(14-12-26)10-4-5-18-16-28(23-7-3-2-6-21(18)23)17-19-8-9-20(24)15-22(19)25/h2-3,6-9,15-16H,4-5,10-14,17H2,1H3. The van der Waals surface area contributed by atoms with Gasteiger partial charge in [0.2, 0.25) is 0 Å². The third-order valence-corrected chi connectivity index (χ3v) is 6.33. The fourth-order valence-corrected chi connectivity index (χ4v) is 4.52. The first-order chi connectivity index (χ1) is 13.6. The van der Waals surface area contributed by atoms with Gasteiger partial charge >= 0.3 is 0 Å². The monoisotopic (exact) mass is 415 g/mol. The Morgan fingerprint density at radius 1 is 0.929 bits per heavy atom. The minimum absolute atomic E-state index is 0.677. The van der Waals surface area contributed by atoms with Crippen molar-refractivity contribution in [1.29, 1.82) is 0 Å². The van der Waals surface area contributed by atoms with Crippen LogP contribution in [0.3, 0.4) is 0 Å². The molecule has 4 rings (SSSR count). The fourth-order valence-electron chi connectivity index (χ4n) is 4.05. The zero-order valence-corrected chi connectivity index (χ0v) is 17.9. The number of fused-ring (bicyclic) bond motifs is 1. The molecule has 0 unspecified atom stereocenters. The number of para-hydroxylation sites is 1. The van der Waals surface area contributed by atoms with E-state index >= 15 is 0 Å². The molecule has 1 aliphatic rings. The number of nitrogens with zero attached hydrogens (tertiary/aromatic N) is 3. The Bertz CT molecular complexity index is 942. The molecule has 2 heterocycles. The number of benzene rings is 2. The maximum absolute atomic E-state index is 6.41.